The van der Waals surface area contributed by atoms with Crippen molar-refractivity contribution >= 4 is 18.6 Å². The molecule has 0 aromatic heterocycles. The molecule has 0 aromatic rings. The van der Waals surface area contributed by atoms with Crippen molar-refractivity contribution in [2.45, 2.75) is 45.6 Å². The summed E-state index contributed by atoms with van der Waals surface area (Å²) in [4.78, 5) is 11.3. The fourth-order valence-electron chi connectivity index (χ4n) is 1.28. The first kappa shape index (κ1) is 14.8. The van der Waals surface area contributed by atoms with Gasteiger partial charge in [-0.2, -0.15) is 12.6 Å². The largest absolute Gasteiger partial charge is 0.464 e. The van der Waals surface area contributed by atoms with E-state index in [1.165, 1.54) is 12.8 Å². The molecule has 2 atom stereocenters. The Hall–Kier alpha value is -0.220. The van der Waals surface area contributed by atoms with E-state index < -0.39 is 6.04 Å². The molecule has 0 heterocycles. The summed E-state index contributed by atoms with van der Waals surface area (Å²) in [6, 6.07) is -0.586. The summed E-state index contributed by atoms with van der Waals surface area (Å²) in [5.41, 5.74) is 5.49. The molecular formula is C11H23NO2S. The highest BCUT2D eigenvalue weighted by atomic mass is 32.1. The van der Waals surface area contributed by atoms with Gasteiger partial charge in [0.25, 0.3) is 0 Å². The Kier molecular flexibility index (Phi) is 8.91. The maximum Gasteiger partial charge on any atom is 0.323 e. The molecule has 0 aromatic carbocycles. The van der Waals surface area contributed by atoms with Crippen molar-refractivity contribution in [1.82, 2.24) is 0 Å². The van der Waals surface area contributed by atoms with E-state index in [2.05, 4.69) is 26.5 Å². The number of nitrogens with two attached hydrogens (primary N) is 1. The van der Waals surface area contributed by atoms with E-state index in [4.69, 9.17) is 10.5 Å². The zero-order valence-electron chi connectivity index (χ0n) is 9.74. The van der Waals surface area contributed by atoms with Crippen LogP contribution in [0.4, 0.5) is 0 Å². The number of carbonyl (C=O) groups is 1. The lowest BCUT2D eigenvalue weighted by Gasteiger charge is -2.16. The van der Waals surface area contributed by atoms with Crippen LogP contribution in [0.15, 0.2) is 0 Å². The lowest BCUT2D eigenvalue weighted by Crippen LogP contribution is -2.34. The van der Waals surface area contributed by atoms with Crippen LogP contribution < -0.4 is 5.73 Å². The Balaban J connectivity index is 3.74. The van der Waals surface area contributed by atoms with Crippen molar-refractivity contribution in [3.05, 3.63) is 0 Å². The summed E-state index contributed by atoms with van der Waals surface area (Å²) >= 11 is 3.95. The number of rotatable bonds is 8. The number of hydrogen-bond acceptors (Lipinski definition) is 4. The van der Waals surface area contributed by atoms with E-state index >= 15 is 0 Å². The number of thiol groups is 1. The van der Waals surface area contributed by atoms with E-state index in [1.807, 2.05) is 0 Å². The Morgan fingerprint density at radius 1 is 1.47 bits per heavy atom. The summed E-state index contributed by atoms with van der Waals surface area (Å²) in [5, 5.41) is 0. The summed E-state index contributed by atoms with van der Waals surface area (Å²) in [6.07, 6.45) is 4.54. The van der Waals surface area contributed by atoms with Gasteiger partial charge in [0.1, 0.15) is 6.04 Å². The van der Waals surface area contributed by atoms with Crippen molar-refractivity contribution < 1.29 is 9.53 Å². The van der Waals surface area contributed by atoms with Crippen molar-refractivity contribution in [2.75, 3.05) is 12.4 Å². The SMILES string of the molecule is CCCCC(CC)COC(=O)[C@@H](N)CS. The summed E-state index contributed by atoms with van der Waals surface area (Å²) < 4.78 is 5.13. The third-order valence-electron chi connectivity index (χ3n) is 2.50. The fourth-order valence-corrected chi connectivity index (χ4v) is 1.43. The summed E-state index contributed by atoms with van der Waals surface area (Å²) in [7, 11) is 0. The van der Waals surface area contributed by atoms with Crippen LogP contribution in [-0.2, 0) is 9.53 Å². The van der Waals surface area contributed by atoms with Gasteiger partial charge in [0.05, 0.1) is 6.61 Å². The Morgan fingerprint density at radius 3 is 2.60 bits per heavy atom. The molecule has 0 spiro atoms. The van der Waals surface area contributed by atoms with Gasteiger partial charge in [-0.25, -0.2) is 0 Å². The minimum atomic E-state index is -0.586. The molecule has 0 bridgehead atoms. The molecule has 1 unspecified atom stereocenters. The monoisotopic (exact) mass is 233 g/mol. The average molecular weight is 233 g/mol. The van der Waals surface area contributed by atoms with Crippen LogP contribution in [0.25, 0.3) is 0 Å². The molecule has 0 aliphatic rings. The van der Waals surface area contributed by atoms with Crippen molar-refractivity contribution in [2.24, 2.45) is 11.7 Å². The summed E-state index contributed by atoms with van der Waals surface area (Å²) in [5.74, 6) is 0.478. The van der Waals surface area contributed by atoms with Gasteiger partial charge in [0.2, 0.25) is 0 Å². The zero-order valence-corrected chi connectivity index (χ0v) is 10.6. The first-order chi connectivity index (χ1) is 7.15. The smallest absolute Gasteiger partial charge is 0.323 e. The standard InChI is InChI=1S/C11H23NO2S/c1-3-5-6-9(4-2)7-14-11(13)10(12)8-15/h9-10,15H,3-8,12H2,1-2H3/t9?,10-/m0/s1. The highest BCUT2D eigenvalue weighted by molar-refractivity contribution is 7.80. The van der Waals surface area contributed by atoms with E-state index in [9.17, 15) is 4.79 Å². The Bertz CT molecular complexity index is 176. The molecule has 2 N–H and O–H groups in total. The Morgan fingerprint density at radius 2 is 2.13 bits per heavy atom. The number of unbranched alkanes of at least 4 members (excludes halogenated alkanes) is 1. The maximum absolute atomic E-state index is 11.3. The molecule has 0 amide bonds. The number of carbonyl (C=O) groups excluding carboxylic acids is 1. The van der Waals surface area contributed by atoms with Crippen LogP contribution in [-0.4, -0.2) is 24.4 Å². The van der Waals surface area contributed by atoms with Crippen LogP contribution in [0.2, 0.25) is 0 Å². The van der Waals surface area contributed by atoms with Gasteiger partial charge in [-0.1, -0.05) is 33.1 Å². The van der Waals surface area contributed by atoms with Gasteiger partial charge in [0, 0.05) is 5.75 Å². The average Bonchev–Trinajstić information content (AvgIpc) is 2.27. The van der Waals surface area contributed by atoms with Crippen LogP contribution in [0.1, 0.15) is 39.5 Å². The highest BCUT2D eigenvalue weighted by Gasteiger charge is 2.15. The first-order valence-corrected chi connectivity index (χ1v) is 6.31. The van der Waals surface area contributed by atoms with Crippen molar-refractivity contribution in [3.63, 3.8) is 0 Å². The van der Waals surface area contributed by atoms with Crippen LogP contribution in [0, 0.1) is 5.92 Å². The molecule has 0 aliphatic carbocycles. The molecule has 0 aliphatic heterocycles. The van der Waals surface area contributed by atoms with Crippen LogP contribution >= 0.6 is 12.6 Å². The second-order valence-electron chi connectivity index (χ2n) is 3.84. The third-order valence-corrected chi connectivity index (χ3v) is 2.90. The van der Waals surface area contributed by atoms with Crippen molar-refractivity contribution in [3.8, 4) is 0 Å². The van der Waals surface area contributed by atoms with Gasteiger partial charge in [-0.3, -0.25) is 4.79 Å². The van der Waals surface area contributed by atoms with Crippen LogP contribution in [0.3, 0.4) is 0 Å². The van der Waals surface area contributed by atoms with E-state index in [1.54, 1.807) is 0 Å². The minimum Gasteiger partial charge on any atom is -0.464 e. The van der Waals surface area contributed by atoms with E-state index in [0.29, 0.717) is 18.3 Å². The lowest BCUT2D eigenvalue weighted by molar-refractivity contribution is -0.146. The molecule has 0 saturated heterocycles. The number of ether oxygens (including phenoxy) is 1. The fraction of sp³-hybridized carbons (Fsp3) is 0.909. The van der Waals surface area contributed by atoms with Gasteiger partial charge in [0.15, 0.2) is 0 Å². The first-order valence-electron chi connectivity index (χ1n) is 5.68. The quantitative estimate of drug-likeness (QED) is 0.498. The highest BCUT2D eigenvalue weighted by Crippen LogP contribution is 2.13. The maximum atomic E-state index is 11.3. The predicted molar refractivity (Wildman–Crippen MR) is 66.1 cm³/mol. The normalized spacial score (nSPS) is 14.7. The third kappa shape index (κ3) is 6.79. The molecule has 0 radical (unpaired) electrons. The molecular weight excluding hydrogens is 210 g/mol. The second-order valence-corrected chi connectivity index (χ2v) is 4.20. The number of esters is 1. The number of hydrogen-bond donors (Lipinski definition) is 2. The molecule has 90 valence electrons. The van der Waals surface area contributed by atoms with Crippen LogP contribution in [0.5, 0.6) is 0 Å². The van der Waals surface area contributed by atoms with Gasteiger partial charge < -0.3 is 10.5 Å². The molecule has 3 nitrogen and oxygen atoms in total. The van der Waals surface area contributed by atoms with E-state index in [-0.39, 0.29) is 5.97 Å². The van der Waals surface area contributed by atoms with Crippen molar-refractivity contribution in [1.29, 1.82) is 0 Å². The van der Waals surface area contributed by atoms with Gasteiger partial charge in [-0.05, 0) is 12.3 Å². The second kappa shape index (κ2) is 9.04. The zero-order chi connectivity index (χ0) is 11.7. The summed E-state index contributed by atoms with van der Waals surface area (Å²) in [6.45, 7) is 4.78. The molecule has 0 rings (SSSR count). The molecule has 15 heavy (non-hydrogen) atoms. The minimum absolute atomic E-state index is 0.333. The van der Waals surface area contributed by atoms with Gasteiger partial charge >= 0.3 is 5.97 Å². The van der Waals surface area contributed by atoms with E-state index in [0.717, 1.165) is 12.8 Å². The van der Waals surface area contributed by atoms with Gasteiger partial charge in [-0.15, -0.1) is 0 Å². The molecule has 0 saturated carbocycles. The lowest BCUT2D eigenvalue weighted by atomic mass is 10.0. The molecule has 4 heteroatoms. The molecule has 0 fully saturated rings. The topological polar surface area (TPSA) is 52.3 Å². The predicted octanol–water partition coefficient (Wildman–Crippen LogP) is 2.00. The Labute approximate surface area is 98.2 Å².